The molecule has 0 aliphatic heterocycles. The van der Waals surface area contributed by atoms with Crippen molar-refractivity contribution in [3.8, 4) is 0 Å². The standard InChI is InChI=1S/C6H8N4O2S/c1-8-4-3(5(11)12)2-9-6(10-4)13-7/h2H,7H2,1H3,(H,11,12)(H,8,9,10). The maximum atomic E-state index is 10.6. The van der Waals surface area contributed by atoms with Crippen molar-refractivity contribution < 1.29 is 9.90 Å². The van der Waals surface area contributed by atoms with Gasteiger partial charge in [0.05, 0.1) is 0 Å². The van der Waals surface area contributed by atoms with Gasteiger partial charge in [-0.15, -0.1) is 0 Å². The van der Waals surface area contributed by atoms with Crippen molar-refractivity contribution in [3.63, 3.8) is 0 Å². The third-order valence-electron chi connectivity index (χ3n) is 1.34. The second kappa shape index (κ2) is 4.06. The monoisotopic (exact) mass is 200 g/mol. The SMILES string of the molecule is CNc1nc(SN)ncc1C(=O)O. The van der Waals surface area contributed by atoms with Crippen LogP contribution in [-0.4, -0.2) is 28.1 Å². The molecule has 0 aromatic carbocycles. The first-order valence-electron chi connectivity index (χ1n) is 3.34. The van der Waals surface area contributed by atoms with Gasteiger partial charge in [-0.1, -0.05) is 0 Å². The van der Waals surface area contributed by atoms with Gasteiger partial charge < -0.3 is 10.4 Å². The van der Waals surface area contributed by atoms with E-state index in [1.165, 1.54) is 6.20 Å². The van der Waals surface area contributed by atoms with Crippen molar-refractivity contribution in [1.29, 1.82) is 0 Å². The summed E-state index contributed by atoms with van der Waals surface area (Å²) in [6, 6.07) is 0. The third kappa shape index (κ3) is 2.07. The zero-order chi connectivity index (χ0) is 9.84. The van der Waals surface area contributed by atoms with Crippen molar-refractivity contribution in [2.75, 3.05) is 12.4 Å². The predicted molar refractivity (Wildman–Crippen MR) is 48.6 cm³/mol. The molecule has 6 nitrogen and oxygen atoms in total. The minimum atomic E-state index is -1.07. The van der Waals surface area contributed by atoms with Crippen molar-refractivity contribution in [2.24, 2.45) is 5.14 Å². The van der Waals surface area contributed by atoms with Gasteiger partial charge in [-0.05, 0) is 11.9 Å². The van der Waals surface area contributed by atoms with Crippen molar-refractivity contribution in [1.82, 2.24) is 9.97 Å². The maximum Gasteiger partial charge on any atom is 0.341 e. The molecule has 1 aromatic rings. The number of aromatic carboxylic acids is 1. The summed E-state index contributed by atoms with van der Waals surface area (Å²) in [7, 11) is 1.58. The van der Waals surface area contributed by atoms with Gasteiger partial charge in [-0.3, -0.25) is 5.14 Å². The molecule has 1 aromatic heterocycles. The zero-order valence-corrected chi connectivity index (χ0v) is 7.63. The van der Waals surface area contributed by atoms with Gasteiger partial charge in [0.1, 0.15) is 11.4 Å². The van der Waals surface area contributed by atoms with E-state index in [0.717, 1.165) is 11.9 Å². The largest absolute Gasteiger partial charge is 0.477 e. The molecule has 1 rings (SSSR count). The summed E-state index contributed by atoms with van der Waals surface area (Å²) in [5.74, 6) is -0.812. The van der Waals surface area contributed by atoms with Crippen LogP contribution in [0, 0.1) is 0 Å². The van der Waals surface area contributed by atoms with Gasteiger partial charge in [0, 0.05) is 13.2 Å². The number of aromatic nitrogens is 2. The smallest absolute Gasteiger partial charge is 0.341 e. The number of anilines is 1. The van der Waals surface area contributed by atoms with Crippen molar-refractivity contribution in [3.05, 3.63) is 11.8 Å². The van der Waals surface area contributed by atoms with Crippen LogP contribution in [0.25, 0.3) is 0 Å². The molecule has 0 saturated carbocycles. The van der Waals surface area contributed by atoms with E-state index in [4.69, 9.17) is 10.2 Å². The number of hydrogen-bond donors (Lipinski definition) is 3. The Hall–Kier alpha value is -1.34. The van der Waals surface area contributed by atoms with Crippen LogP contribution in [0.2, 0.25) is 0 Å². The lowest BCUT2D eigenvalue weighted by molar-refractivity contribution is 0.0697. The lowest BCUT2D eigenvalue weighted by Gasteiger charge is -2.03. The topological polar surface area (TPSA) is 101 Å². The molecule has 0 unspecified atom stereocenters. The number of nitrogens with zero attached hydrogens (tertiary/aromatic N) is 2. The van der Waals surface area contributed by atoms with Gasteiger partial charge in [0.2, 0.25) is 5.16 Å². The summed E-state index contributed by atoms with van der Waals surface area (Å²) in [4.78, 5) is 18.2. The number of carbonyl (C=O) groups is 1. The summed E-state index contributed by atoms with van der Waals surface area (Å²) >= 11 is 0.864. The molecule has 7 heteroatoms. The zero-order valence-electron chi connectivity index (χ0n) is 6.81. The molecule has 13 heavy (non-hydrogen) atoms. The molecule has 1 heterocycles. The Morgan fingerprint density at radius 1 is 1.77 bits per heavy atom. The molecule has 0 saturated heterocycles. The first-order chi connectivity index (χ1) is 6.19. The molecule has 0 bridgehead atoms. The van der Waals surface area contributed by atoms with E-state index in [2.05, 4.69) is 15.3 Å². The van der Waals surface area contributed by atoms with Crippen molar-refractivity contribution in [2.45, 2.75) is 5.16 Å². The molecular formula is C6H8N4O2S. The van der Waals surface area contributed by atoms with Gasteiger partial charge in [-0.25, -0.2) is 14.8 Å². The van der Waals surface area contributed by atoms with Crippen LogP contribution in [0.4, 0.5) is 5.82 Å². The van der Waals surface area contributed by atoms with E-state index >= 15 is 0 Å². The summed E-state index contributed by atoms with van der Waals surface area (Å²) in [6.45, 7) is 0. The molecule has 0 aliphatic rings. The molecule has 0 aliphatic carbocycles. The minimum absolute atomic E-state index is 0.0281. The Balaban J connectivity index is 3.15. The maximum absolute atomic E-state index is 10.6. The van der Waals surface area contributed by atoms with Gasteiger partial charge in [-0.2, -0.15) is 0 Å². The van der Waals surface area contributed by atoms with Crippen LogP contribution in [0.1, 0.15) is 10.4 Å². The fourth-order valence-electron chi connectivity index (χ4n) is 0.770. The second-order valence-corrected chi connectivity index (χ2v) is 2.69. The van der Waals surface area contributed by atoms with Crippen LogP contribution in [0.3, 0.4) is 0 Å². The molecule has 0 atom stereocenters. The van der Waals surface area contributed by atoms with Crippen molar-refractivity contribution >= 4 is 23.7 Å². The summed E-state index contributed by atoms with van der Waals surface area (Å²) in [5, 5.41) is 16.9. The quantitative estimate of drug-likeness (QED) is 0.472. The van der Waals surface area contributed by atoms with Crippen LogP contribution in [-0.2, 0) is 0 Å². The average molecular weight is 200 g/mol. The second-order valence-electron chi connectivity index (χ2n) is 2.09. The Morgan fingerprint density at radius 3 is 2.92 bits per heavy atom. The summed E-state index contributed by atoms with van der Waals surface area (Å²) in [5.41, 5.74) is 0.0281. The van der Waals surface area contributed by atoms with Gasteiger partial charge in [0.15, 0.2) is 0 Å². The molecular weight excluding hydrogens is 192 g/mol. The van der Waals surface area contributed by atoms with Gasteiger partial charge in [0.25, 0.3) is 0 Å². The van der Waals surface area contributed by atoms with E-state index in [1.54, 1.807) is 7.05 Å². The van der Waals surface area contributed by atoms with Crippen LogP contribution in [0.5, 0.6) is 0 Å². The van der Waals surface area contributed by atoms with Crippen LogP contribution >= 0.6 is 11.9 Å². The molecule has 0 fully saturated rings. The predicted octanol–water partition coefficient (Wildman–Crippen LogP) is 0.182. The summed E-state index contributed by atoms with van der Waals surface area (Å²) in [6.07, 6.45) is 1.22. The number of carboxylic acid groups (broad SMARTS) is 1. The highest BCUT2D eigenvalue weighted by Crippen LogP contribution is 2.14. The fourth-order valence-corrected chi connectivity index (χ4v) is 1.03. The minimum Gasteiger partial charge on any atom is -0.477 e. The Bertz CT molecular complexity index is 330. The summed E-state index contributed by atoms with van der Waals surface area (Å²) < 4.78 is 0. The average Bonchev–Trinajstić information content (AvgIpc) is 2.16. The molecule has 0 spiro atoms. The Kier molecular flexibility index (Phi) is 3.04. The fraction of sp³-hybridized carbons (Fsp3) is 0.167. The highest BCUT2D eigenvalue weighted by Gasteiger charge is 2.11. The number of rotatable bonds is 3. The first kappa shape index (κ1) is 9.75. The third-order valence-corrected chi connectivity index (χ3v) is 1.75. The molecule has 70 valence electrons. The van der Waals surface area contributed by atoms with E-state index in [9.17, 15) is 4.79 Å². The number of hydrogen-bond acceptors (Lipinski definition) is 6. The Labute approximate surface area is 78.7 Å². The van der Waals surface area contributed by atoms with E-state index in [1.807, 2.05) is 0 Å². The van der Waals surface area contributed by atoms with E-state index in [0.29, 0.717) is 5.16 Å². The van der Waals surface area contributed by atoms with Gasteiger partial charge >= 0.3 is 5.97 Å². The normalized spacial score (nSPS) is 9.69. The Morgan fingerprint density at radius 2 is 2.46 bits per heavy atom. The number of nitrogens with one attached hydrogen (secondary N) is 1. The first-order valence-corrected chi connectivity index (χ1v) is 4.21. The highest BCUT2D eigenvalue weighted by atomic mass is 32.2. The van der Waals surface area contributed by atoms with E-state index < -0.39 is 5.97 Å². The number of carboxylic acids is 1. The lowest BCUT2D eigenvalue weighted by atomic mass is 10.3. The van der Waals surface area contributed by atoms with E-state index in [-0.39, 0.29) is 11.4 Å². The highest BCUT2D eigenvalue weighted by molar-refractivity contribution is 7.96. The molecule has 0 radical (unpaired) electrons. The van der Waals surface area contributed by atoms with Crippen LogP contribution in [0.15, 0.2) is 11.4 Å². The lowest BCUT2D eigenvalue weighted by Crippen LogP contribution is -2.07. The molecule has 4 N–H and O–H groups in total. The number of nitrogens with two attached hydrogens (primary N) is 1. The molecule has 0 amide bonds. The van der Waals surface area contributed by atoms with Crippen LogP contribution < -0.4 is 10.5 Å².